The molecule has 0 saturated carbocycles. The molecule has 18 heavy (non-hydrogen) atoms. The molecule has 2 rings (SSSR count). The maximum Gasteiger partial charge on any atom is 0.325 e. The average molecular weight is 249 g/mol. The van der Waals surface area contributed by atoms with E-state index in [1.54, 1.807) is 24.3 Å². The fourth-order valence-electron chi connectivity index (χ4n) is 1.79. The lowest BCUT2D eigenvalue weighted by atomic mass is 10.1. The minimum Gasteiger partial charge on any atom is -0.486 e. The van der Waals surface area contributed by atoms with E-state index < -0.39 is 12.0 Å². The van der Waals surface area contributed by atoms with Crippen molar-refractivity contribution in [3.63, 3.8) is 0 Å². The van der Waals surface area contributed by atoms with Crippen molar-refractivity contribution in [2.75, 3.05) is 19.8 Å². The fraction of sp³-hybridized carbons (Fsp3) is 0.308. The second-order valence-corrected chi connectivity index (χ2v) is 3.87. The number of fused-ring (bicyclic) bond motifs is 1. The quantitative estimate of drug-likeness (QED) is 0.771. The number of carboxylic acid groups (broad SMARTS) is 1. The van der Waals surface area contributed by atoms with E-state index in [4.69, 9.17) is 9.47 Å². The van der Waals surface area contributed by atoms with Crippen molar-refractivity contribution in [2.24, 2.45) is 0 Å². The Morgan fingerprint density at radius 1 is 1.44 bits per heavy atom. The van der Waals surface area contributed by atoms with Gasteiger partial charge in [0.15, 0.2) is 11.5 Å². The summed E-state index contributed by atoms with van der Waals surface area (Å²) < 4.78 is 10.8. The smallest absolute Gasteiger partial charge is 0.325 e. The molecule has 96 valence electrons. The van der Waals surface area contributed by atoms with Crippen LogP contribution in [-0.4, -0.2) is 30.8 Å². The van der Waals surface area contributed by atoms with Crippen LogP contribution in [0.3, 0.4) is 0 Å². The van der Waals surface area contributed by atoms with Crippen LogP contribution in [-0.2, 0) is 4.79 Å². The van der Waals surface area contributed by atoms with Gasteiger partial charge in [0.05, 0.1) is 0 Å². The highest BCUT2D eigenvalue weighted by Crippen LogP contribution is 2.32. The highest BCUT2D eigenvalue weighted by Gasteiger charge is 2.21. The second-order valence-electron chi connectivity index (χ2n) is 3.87. The zero-order chi connectivity index (χ0) is 13.0. The van der Waals surface area contributed by atoms with Gasteiger partial charge in [-0.15, -0.1) is 6.58 Å². The molecule has 1 heterocycles. The van der Waals surface area contributed by atoms with Crippen LogP contribution in [0.1, 0.15) is 11.6 Å². The van der Waals surface area contributed by atoms with Crippen molar-refractivity contribution in [3.8, 4) is 11.5 Å². The zero-order valence-electron chi connectivity index (χ0n) is 9.89. The van der Waals surface area contributed by atoms with E-state index in [9.17, 15) is 9.90 Å². The van der Waals surface area contributed by atoms with Gasteiger partial charge < -0.3 is 14.6 Å². The number of nitrogens with one attached hydrogen (secondary N) is 1. The first-order chi connectivity index (χ1) is 8.72. The first kappa shape index (κ1) is 12.4. The number of rotatable bonds is 5. The Kier molecular flexibility index (Phi) is 3.84. The molecule has 0 saturated heterocycles. The van der Waals surface area contributed by atoms with E-state index in [2.05, 4.69) is 11.9 Å². The predicted molar refractivity (Wildman–Crippen MR) is 66.0 cm³/mol. The number of carbonyl (C=O) groups is 1. The van der Waals surface area contributed by atoms with Crippen molar-refractivity contribution in [3.05, 3.63) is 36.4 Å². The van der Waals surface area contributed by atoms with Crippen molar-refractivity contribution < 1.29 is 19.4 Å². The normalized spacial score (nSPS) is 14.9. The standard InChI is InChI=1S/C13H15NO4/c1-2-5-14-12(13(15)16)9-3-4-10-11(8-9)18-7-6-17-10/h2-4,8,12,14H,1,5-7H2,(H,15,16). The van der Waals surface area contributed by atoms with Crippen LogP contribution >= 0.6 is 0 Å². The number of ether oxygens (including phenoxy) is 2. The summed E-state index contributed by atoms with van der Waals surface area (Å²) in [4.78, 5) is 11.2. The highest BCUT2D eigenvalue weighted by molar-refractivity contribution is 5.76. The molecule has 1 aliphatic rings. The molecule has 1 atom stereocenters. The largest absolute Gasteiger partial charge is 0.486 e. The van der Waals surface area contributed by atoms with E-state index in [1.165, 1.54) is 0 Å². The Bertz CT molecular complexity index is 458. The van der Waals surface area contributed by atoms with E-state index in [-0.39, 0.29) is 0 Å². The van der Waals surface area contributed by atoms with Gasteiger partial charge in [0, 0.05) is 6.54 Å². The molecule has 0 bridgehead atoms. The molecular formula is C13H15NO4. The molecule has 1 unspecified atom stereocenters. The Balaban J connectivity index is 2.24. The topological polar surface area (TPSA) is 67.8 Å². The van der Waals surface area contributed by atoms with Crippen LogP contribution < -0.4 is 14.8 Å². The van der Waals surface area contributed by atoms with Gasteiger partial charge in [-0.3, -0.25) is 10.1 Å². The Morgan fingerprint density at radius 3 is 2.83 bits per heavy atom. The minimum atomic E-state index is -0.937. The number of hydrogen-bond donors (Lipinski definition) is 2. The van der Waals surface area contributed by atoms with Crippen LogP contribution in [0, 0.1) is 0 Å². The number of aliphatic carboxylic acids is 1. The number of carboxylic acids is 1. The maximum absolute atomic E-state index is 11.2. The molecule has 1 aromatic rings. The Hall–Kier alpha value is -2.01. The van der Waals surface area contributed by atoms with Gasteiger partial charge in [-0.2, -0.15) is 0 Å². The lowest BCUT2D eigenvalue weighted by Gasteiger charge is -2.20. The summed E-state index contributed by atoms with van der Waals surface area (Å²) in [7, 11) is 0. The third-order valence-electron chi connectivity index (χ3n) is 2.61. The third kappa shape index (κ3) is 2.62. The van der Waals surface area contributed by atoms with E-state index in [1.807, 2.05) is 0 Å². The molecule has 5 nitrogen and oxygen atoms in total. The number of benzene rings is 1. The zero-order valence-corrected chi connectivity index (χ0v) is 9.89. The van der Waals surface area contributed by atoms with Crippen LogP contribution in [0.5, 0.6) is 11.5 Å². The van der Waals surface area contributed by atoms with Gasteiger partial charge in [0.2, 0.25) is 0 Å². The lowest BCUT2D eigenvalue weighted by molar-refractivity contribution is -0.139. The summed E-state index contributed by atoms with van der Waals surface area (Å²) in [6.45, 7) is 4.98. The molecule has 0 fully saturated rings. The summed E-state index contributed by atoms with van der Waals surface area (Å²) in [6, 6.07) is 4.38. The van der Waals surface area contributed by atoms with Crippen LogP contribution in [0.4, 0.5) is 0 Å². The van der Waals surface area contributed by atoms with Crippen LogP contribution in [0.25, 0.3) is 0 Å². The molecule has 2 N–H and O–H groups in total. The fourth-order valence-corrected chi connectivity index (χ4v) is 1.79. The highest BCUT2D eigenvalue weighted by atomic mass is 16.6. The molecule has 1 aliphatic heterocycles. The first-order valence-corrected chi connectivity index (χ1v) is 5.69. The van der Waals surface area contributed by atoms with Gasteiger partial charge in [-0.05, 0) is 17.7 Å². The monoisotopic (exact) mass is 249 g/mol. The van der Waals surface area contributed by atoms with Gasteiger partial charge in [0.25, 0.3) is 0 Å². The van der Waals surface area contributed by atoms with Gasteiger partial charge in [0.1, 0.15) is 19.3 Å². The molecule has 0 spiro atoms. The number of hydrogen-bond acceptors (Lipinski definition) is 4. The summed E-state index contributed by atoms with van der Waals surface area (Å²) in [6.07, 6.45) is 1.62. The van der Waals surface area contributed by atoms with Crippen molar-refractivity contribution in [2.45, 2.75) is 6.04 Å². The van der Waals surface area contributed by atoms with Crippen molar-refractivity contribution in [1.82, 2.24) is 5.32 Å². The molecule has 0 amide bonds. The molecule has 0 aromatic heterocycles. The molecule has 5 heteroatoms. The minimum absolute atomic E-state index is 0.422. The van der Waals surface area contributed by atoms with Gasteiger partial charge in [-0.25, -0.2) is 0 Å². The summed E-state index contributed by atoms with van der Waals surface area (Å²) in [5.41, 5.74) is 0.633. The lowest BCUT2D eigenvalue weighted by Crippen LogP contribution is -2.28. The Morgan fingerprint density at radius 2 is 2.17 bits per heavy atom. The van der Waals surface area contributed by atoms with Gasteiger partial charge in [-0.1, -0.05) is 12.1 Å². The summed E-state index contributed by atoms with van der Waals surface area (Å²) in [5, 5.41) is 12.1. The van der Waals surface area contributed by atoms with Crippen molar-refractivity contribution >= 4 is 5.97 Å². The summed E-state index contributed by atoms with van der Waals surface area (Å²) >= 11 is 0. The molecular weight excluding hydrogens is 234 g/mol. The van der Waals surface area contributed by atoms with E-state index in [0.29, 0.717) is 36.8 Å². The van der Waals surface area contributed by atoms with Crippen molar-refractivity contribution in [1.29, 1.82) is 0 Å². The Labute approximate surface area is 105 Å². The first-order valence-electron chi connectivity index (χ1n) is 5.69. The van der Waals surface area contributed by atoms with Crippen LogP contribution in [0.2, 0.25) is 0 Å². The summed E-state index contributed by atoms with van der Waals surface area (Å²) in [5.74, 6) is 0.303. The molecule has 1 aromatic carbocycles. The molecule has 0 aliphatic carbocycles. The average Bonchev–Trinajstić information content (AvgIpc) is 2.38. The van der Waals surface area contributed by atoms with E-state index >= 15 is 0 Å². The maximum atomic E-state index is 11.2. The SMILES string of the molecule is C=CCNC(C(=O)O)c1ccc2c(c1)OCCO2. The van der Waals surface area contributed by atoms with Crippen LogP contribution in [0.15, 0.2) is 30.9 Å². The predicted octanol–water partition coefficient (Wildman–Crippen LogP) is 1.36. The van der Waals surface area contributed by atoms with E-state index in [0.717, 1.165) is 0 Å². The molecule has 0 radical (unpaired) electrons. The van der Waals surface area contributed by atoms with Gasteiger partial charge >= 0.3 is 5.97 Å². The third-order valence-corrected chi connectivity index (χ3v) is 2.61. The second kappa shape index (κ2) is 5.55.